The Hall–Kier alpha value is -2.97. The summed E-state index contributed by atoms with van der Waals surface area (Å²) in [7, 11) is 5.37. The van der Waals surface area contributed by atoms with E-state index in [4.69, 9.17) is 14.2 Å². The lowest BCUT2D eigenvalue weighted by molar-refractivity contribution is -0.889. The first-order valence-corrected chi connectivity index (χ1v) is 21.3. The molecule has 0 aromatic rings. The van der Waals surface area contributed by atoms with Gasteiger partial charge in [0.2, 0.25) is 0 Å². The summed E-state index contributed by atoms with van der Waals surface area (Å²) in [5, 5.41) is 11.6. The third kappa shape index (κ3) is 34.8. The molecular weight excluding hydrogens is 679 g/mol. The number of carboxylic acid groups (broad SMARTS) is 1. The SMILES string of the molecule is CC/C=C\C/C=C\C/C=C\C/C=C\C/C=C\CC(=O)OC(COCCC(C(=O)[O-])[N+](C)(C)C)COC(=O)CCCCCCCCCCCCCCCCC. The first-order chi connectivity index (χ1) is 26.1. The molecule has 0 bridgehead atoms. The van der Waals surface area contributed by atoms with Crippen molar-refractivity contribution in [1.29, 1.82) is 0 Å². The number of likely N-dealkylation sites (N-methyl/N-ethyl adjacent to an activating group) is 1. The largest absolute Gasteiger partial charge is 0.544 e. The summed E-state index contributed by atoms with van der Waals surface area (Å²) in [4.78, 5) is 36.7. The summed E-state index contributed by atoms with van der Waals surface area (Å²) in [6.45, 7) is 4.43. The van der Waals surface area contributed by atoms with Crippen molar-refractivity contribution in [2.24, 2.45) is 0 Å². The summed E-state index contributed by atoms with van der Waals surface area (Å²) in [5.74, 6) is -1.90. The molecule has 0 spiro atoms. The van der Waals surface area contributed by atoms with Gasteiger partial charge in [0.15, 0.2) is 6.10 Å². The molecule has 0 aliphatic rings. The van der Waals surface area contributed by atoms with Gasteiger partial charge in [0.1, 0.15) is 12.6 Å². The maximum absolute atomic E-state index is 12.6. The van der Waals surface area contributed by atoms with Crippen molar-refractivity contribution in [2.75, 3.05) is 41.0 Å². The lowest BCUT2D eigenvalue weighted by atomic mass is 10.0. The van der Waals surface area contributed by atoms with Crippen LogP contribution in [-0.4, -0.2) is 75.5 Å². The number of quaternary nitrogens is 1. The molecule has 0 aliphatic carbocycles. The molecule has 0 aromatic heterocycles. The Morgan fingerprint density at radius 1 is 0.574 bits per heavy atom. The summed E-state index contributed by atoms with van der Waals surface area (Å²) in [6, 6.07) is -0.742. The number of unbranched alkanes of at least 4 members (excludes halogenated alkanes) is 14. The normalized spacial score (nSPS) is 13.6. The van der Waals surface area contributed by atoms with Crippen LogP contribution in [0.25, 0.3) is 0 Å². The minimum absolute atomic E-state index is 0.000551. The second-order valence-corrected chi connectivity index (χ2v) is 15.2. The van der Waals surface area contributed by atoms with Gasteiger partial charge in [-0.1, -0.05) is 164 Å². The first kappa shape index (κ1) is 51.0. The first-order valence-electron chi connectivity index (χ1n) is 21.3. The second kappa shape index (κ2) is 37.0. The fourth-order valence-electron chi connectivity index (χ4n) is 5.91. The third-order valence-corrected chi connectivity index (χ3v) is 9.20. The summed E-state index contributed by atoms with van der Waals surface area (Å²) in [6.07, 6.45) is 44.2. The molecule has 0 radical (unpaired) electrons. The number of hydrogen-bond donors (Lipinski definition) is 0. The zero-order chi connectivity index (χ0) is 40.0. The Balaban J connectivity index is 4.49. The van der Waals surface area contributed by atoms with Gasteiger partial charge in [-0.3, -0.25) is 9.59 Å². The minimum Gasteiger partial charge on any atom is -0.544 e. The van der Waals surface area contributed by atoms with Gasteiger partial charge >= 0.3 is 11.9 Å². The number of carbonyl (C=O) groups is 3. The van der Waals surface area contributed by atoms with Crippen LogP contribution in [0.3, 0.4) is 0 Å². The lowest BCUT2D eigenvalue weighted by Crippen LogP contribution is -2.55. The molecular formula is C46H79NO7. The highest BCUT2D eigenvalue weighted by Crippen LogP contribution is 2.14. The van der Waals surface area contributed by atoms with Gasteiger partial charge in [-0.25, -0.2) is 0 Å². The number of allylic oxidation sites excluding steroid dienone is 9. The van der Waals surface area contributed by atoms with Gasteiger partial charge in [0.05, 0.1) is 46.7 Å². The van der Waals surface area contributed by atoms with Crippen molar-refractivity contribution in [3.8, 4) is 0 Å². The van der Waals surface area contributed by atoms with Gasteiger partial charge in [0.25, 0.3) is 0 Å². The predicted molar refractivity (Wildman–Crippen MR) is 222 cm³/mol. The van der Waals surface area contributed by atoms with Gasteiger partial charge < -0.3 is 28.6 Å². The van der Waals surface area contributed by atoms with Gasteiger partial charge in [0, 0.05) is 12.8 Å². The number of hydrogen-bond acceptors (Lipinski definition) is 7. The average Bonchev–Trinajstić information content (AvgIpc) is 3.12. The molecule has 0 fully saturated rings. The van der Waals surface area contributed by atoms with Crippen molar-refractivity contribution in [1.82, 2.24) is 0 Å². The number of aliphatic carboxylic acids is 1. The van der Waals surface area contributed by atoms with Crippen molar-refractivity contribution >= 4 is 17.9 Å². The molecule has 0 N–H and O–H groups in total. The van der Waals surface area contributed by atoms with Crippen LogP contribution in [0, 0.1) is 0 Å². The van der Waals surface area contributed by atoms with Crippen molar-refractivity contribution in [3.05, 3.63) is 60.8 Å². The topological polar surface area (TPSA) is 102 Å². The van der Waals surface area contributed by atoms with Crippen LogP contribution in [0.4, 0.5) is 0 Å². The number of nitrogens with zero attached hydrogens (tertiary/aromatic N) is 1. The Morgan fingerprint density at radius 3 is 1.46 bits per heavy atom. The maximum atomic E-state index is 12.6. The molecule has 0 heterocycles. The van der Waals surface area contributed by atoms with E-state index in [1.807, 2.05) is 6.08 Å². The lowest BCUT2D eigenvalue weighted by Gasteiger charge is -2.34. The Labute approximate surface area is 330 Å². The van der Waals surface area contributed by atoms with Crippen molar-refractivity contribution in [2.45, 2.75) is 174 Å². The van der Waals surface area contributed by atoms with E-state index in [1.165, 1.54) is 77.0 Å². The summed E-state index contributed by atoms with van der Waals surface area (Å²) >= 11 is 0. The maximum Gasteiger partial charge on any atom is 0.310 e. The van der Waals surface area contributed by atoms with E-state index in [1.54, 1.807) is 27.2 Å². The molecule has 0 saturated carbocycles. The van der Waals surface area contributed by atoms with Crippen LogP contribution in [0.2, 0.25) is 0 Å². The third-order valence-electron chi connectivity index (χ3n) is 9.20. The molecule has 2 unspecified atom stereocenters. The molecule has 310 valence electrons. The van der Waals surface area contributed by atoms with Crippen molar-refractivity contribution < 1.29 is 38.2 Å². The summed E-state index contributed by atoms with van der Waals surface area (Å²) in [5.41, 5.74) is 0. The molecule has 8 nitrogen and oxygen atoms in total. The molecule has 0 saturated heterocycles. The van der Waals surface area contributed by atoms with Crippen LogP contribution in [0.15, 0.2) is 60.8 Å². The highest BCUT2D eigenvalue weighted by atomic mass is 16.6. The van der Waals surface area contributed by atoms with E-state index in [9.17, 15) is 19.5 Å². The van der Waals surface area contributed by atoms with Crippen LogP contribution in [0.5, 0.6) is 0 Å². The number of esters is 2. The smallest absolute Gasteiger partial charge is 0.310 e. The fraction of sp³-hybridized carbons (Fsp3) is 0.717. The molecule has 0 aromatic carbocycles. The number of rotatable bonds is 37. The highest BCUT2D eigenvalue weighted by Gasteiger charge is 2.25. The molecule has 8 heteroatoms. The predicted octanol–water partition coefficient (Wildman–Crippen LogP) is 10.1. The molecule has 0 aliphatic heterocycles. The highest BCUT2D eigenvalue weighted by molar-refractivity contribution is 5.71. The van der Waals surface area contributed by atoms with Gasteiger partial charge in [-0.2, -0.15) is 0 Å². The van der Waals surface area contributed by atoms with Crippen LogP contribution < -0.4 is 5.11 Å². The van der Waals surface area contributed by atoms with E-state index < -0.39 is 24.1 Å². The number of carbonyl (C=O) groups excluding carboxylic acids is 3. The second-order valence-electron chi connectivity index (χ2n) is 15.2. The quantitative estimate of drug-likeness (QED) is 0.0269. The van der Waals surface area contributed by atoms with Crippen LogP contribution in [0.1, 0.15) is 162 Å². The minimum atomic E-state index is -1.14. The monoisotopic (exact) mass is 758 g/mol. The molecule has 54 heavy (non-hydrogen) atoms. The number of carboxylic acids is 1. The standard InChI is InChI=1S/C46H79NO7/c1-6-8-10-12-14-16-18-20-22-24-26-28-30-32-34-36-44(48)53-41-42(40-52-39-38-43(46(50)51)47(3,4)5)54-45(49)37-35-33-31-29-27-25-23-21-19-17-15-13-11-9-7-2/h9,11,15,17,21,23,27,29,33,35,42-43H,6-8,10,12-14,16,18-20,22,24-26,28,30-32,34,36-41H2,1-5H3/b11-9-,17-15-,23-21-,29-27-,35-33-. The van der Waals surface area contributed by atoms with Crippen LogP contribution in [-0.2, 0) is 28.6 Å². The zero-order valence-electron chi connectivity index (χ0n) is 35.1. The van der Waals surface area contributed by atoms with E-state index in [-0.39, 0.29) is 43.1 Å². The molecule has 0 amide bonds. The van der Waals surface area contributed by atoms with E-state index in [0.717, 1.165) is 44.9 Å². The average molecular weight is 758 g/mol. The summed E-state index contributed by atoms with van der Waals surface area (Å²) < 4.78 is 17.0. The van der Waals surface area contributed by atoms with E-state index in [0.29, 0.717) is 12.8 Å². The van der Waals surface area contributed by atoms with Crippen molar-refractivity contribution in [3.63, 3.8) is 0 Å². The van der Waals surface area contributed by atoms with E-state index >= 15 is 0 Å². The van der Waals surface area contributed by atoms with Gasteiger partial charge in [-0.15, -0.1) is 0 Å². The Morgan fingerprint density at radius 2 is 1.02 bits per heavy atom. The fourth-order valence-corrected chi connectivity index (χ4v) is 5.91. The van der Waals surface area contributed by atoms with Gasteiger partial charge in [-0.05, 0) is 38.5 Å². The Kier molecular flexibility index (Phi) is 34.9. The Bertz CT molecular complexity index is 1070. The number of ether oxygens (including phenoxy) is 3. The van der Waals surface area contributed by atoms with Crippen LogP contribution >= 0.6 is 0 Å². The zero-order valence-corrected chi connectivity index (χ0v) is 35.1. The molecule has 2 atom stereocenters. The van der Waals surface area contributed by atoms with E-state index in [2.05, 4.69) is 62.5 Å². The molecule has 0 rings (SSSR count).